The number of halogens is 2. The summed E-state index contributed by atoms with van der Waals surface area (Å²) < 4.78 is 47.8. The number of aliphatic carboxylic acids is 1. The minimum absolute atomic E-state index is 0.0280. The second kappa shape index (κ2) is 16.4. The highest BCUT2D eigenvalue weighted by Crippen LogP contribution is 2.64. The van der Waals surface area contributed by atoms with Crippen LogP contribution in [0.1, 0.15) is 125 Å². The predicted octanol–water partition coefficient (Wildman–Crippen LogP) is 8.25. The van der Waals surface area contributed by atoms with Crippen LogP contribution in [0.25, 0.3) is 11.1 Å². The molecular formula is C49H60ClFN8O5. The molecule has 64 heavy (non-hydrogen) atoms. The van der Waals surface area contributed by atoms with Crippen LogP contribution in [0.5, 0.6) is 0 Å². The Morgan fingerprint density at radius 3 is 1.84 bits per heavy atom. The van der Waals surface area contributed by atoms with Crippen LogP contribution in [0.4, 0.5) is 15.8 Å². The molecule has 10 rings (SSSR count). The quantitative estimate of drug-likeness (QED) is 0.114. The first kappa shape index (κ1) is 39.7. The number of rotatable bonds is 14. The Balaban J connectivity index is 0.763. The monoisotopic (exact) mass is 897 g/mol. The first-order chi connectivity index (χ1) is 31.9. The number of hydrogen-bond donors (Lipinski definition) is 3. The normalized spacial score (nSPS) is 28.1. The van der Waals surface area contributed by atoms with Crippen molar-refractivity contribution in [3.63, 3.8) is 0 Å². The van der Waals surface area contributed by atoms with Gasteiger partial charge in [-0.15, -0.1) is 0 Å². The van der Waals surface area contributed by atoms with E-state index in [4.69, 9.17) is 30.4 Å². The summed E-state index contributed by atoms with van der Waals surface area (Å²) >= 11 is 6.93. The molecule has 0 radical (unpaired) electrons. The van der Waals surface area contributed by atoms with Crippen LogP contribution in [-0.4, -0.2) is 91.6 Å². The van der Waals surface area contributed by atoms with Gasteiger partial charge < -0.3 is 29.6 Å². The number of amides is 2. The highest BCUT2D eigenvalue weighted by Gasteiger charge is 2.58. The minimum atomic E-state index is -2.36. The lowest BCUT2D eigenvalue weighted by Gasteiger charge is -2.32. The Morgan fingerprint density at radius 1 is 0.766 bits per heavy atom. The van der Waals surface area contributed by atoms with E-state index < -0.39 is 36.1 Å². The number of anilines is 2. The Bertz CT molecular complexity index is 2630. The lowest BCUT2D eigenvalue weighted by Crippen LogP contribution is -2.34. The molecule has 4 saturated carbocycles. The second-order valence-electron chi connectivity index (χ2n) is 20.3. The van der Waals surface area contributed by atoms with Gasteiger partial charge in [-0.05, 0) is 119 Å². The lowest BCUT2D eigenvalue weighted by atomic mass is 9.80. The summed E-state index contributed by atoms with van der Waals surface area (Å²) in [5.41, 5.74) is 4.16. The number of carbonyl (C=O) groups excluding carboxylic acids is 2. The van der Waals surface area contributed by atoms with Crippen LogP contribution in [0.3, 0.4) is 0 Å². The number of hydrogen-bond acceptors (Lipinski definition) is 8. The van der Waals surface area contributed by atoms with E-state index in [1.54, 1.807) is 34.9 Å². The van der Waals surface area contributed by atoms with Gasteiger partial charge in [-0.1, -0.05) is 35.9 Å². The summed E-state index contributed by atoms with van der Waals surface area (Å²) in [5.74, 6) is -1.86. The second-order valence-corrected chi connectivity index (χ2v) is 20.7. The van der Waals surface area contributed by atoms with E-state index in [0.29, 0.717) is 25.3 Å². The number of benzene rings is 2. The summed E-state index contributed by atoms with van der Waals surface area (Å²) in [4.78, 5) is 53.9. The summed E-state index contributed by atoms with van der Waals surface area (Å²) in [7, 11) is 1.29. The van der Waals surface area contributed by atoms with Gasteiger partial charge in [0.2, 0.25) is 0 Å². The van der Waals surface area contributed by atoms with Gasteiger partial charge in [-0.25, -0.2) is 14.4 Å². The van der Waals surface area contributed by atoms with Gasteiger partial charge in [0.25, 0.3) is 11.8 Å². The summed E-state index contributed by atoms with van der Waals surface area (Å²) in [6.07, 6.45) is 12.9. The highest BCUT2D eigenvalue weighted by atomic mass is 35.5. The smallest absolute Gasteiger partial charge is 0.309 e. The van der Waals surface area contributed by atoms with Crippen molar-refractivity contribution in [3.8, 4) is 11.1 Å². The molecule has 4 aromatic rings. The van der Waals surface area contributed by atoms with Crippen molar-refractivity contribution in [1.29, 1.82) is 0 Å². The van der Waals surface area contributed by atoms with Gasteiger partial charge in [0.15, 0.2) is 17.5 Å². The zero-order valence-corrected chi connectivity index (χ0v) is 37.6. The van der Waals surface area contributed by atoms with E-state index in [2.05, 4.69) is 20.4 Å². The highest BCUT2D eigenvalue weighted by molar-refractivity contribution is 6.36. The number of fused-ring (bicyclic) bond motifs is 6. The van der Waals surface area contributed by atoms with Gasteiger partial charge in [-0.2, -0.15) is 0 Å². The average molecular weight is 899 g/mol. The first-order valence-electron chi connectivity index (χ1n) is 24.5. The Kier molecular flexibility index (Phi) is 10.2. The number of aromatic nitrogens is 4. The zero-order chi connectivity index (χ0) is 47.1. The van der Waals surface area contributed by atoms with Crippen LogP contribution in [-0.2, 0) is 49.6 Å². The number of ether oxygens (including phenoxy) is 1. The van der Waals surface area contributed by atoms with E-state index in [1.165, 1.54) is 6.07 Å². The summed E-state index contributed by atoms with van der Waals surface area (Å²) in [6.45, 7) is 4.93. The molecule has 15 heteroatoms. The maximum Gasteiger partial charge on any atom is 0.309 e. The molecule has 2 aliphatic heterocycles. The van der Waals surface area contributed by atoms with Crippen molar-refractivity contribution in [2.24, 2.45) is 35.8 Å². The van der Waals surface area contributed by atoms with Crippen molar-refractivity contribution in [2.45, 2.75) is 103 Å². The molecule has 2 aromatic heterocycles. The number of nitrogens with one attached hydrogen (secondary N) is 2. The van der Waals surface area contributed by atoms with Crippen LogP contribution < -0.4 is 10.6 Å². The third-order valence-electron chi connectivity index (χ3n) is 16.7. The van der Waals surface area contributed by atoms with E-state index >= 15 is 4.39 Å². The van der Waals surface area contributed by atoms with Crippen LogP contribution in [0.2, 0.25) is 5.02 Å². The largest absolute Gasteiger partial charge is 0.481 e. The fourth-order valence-electron chi connectivity index (χ4n) is 12.9. The number of nitrogens with zero attached hydrogens (tertiary/aromatic N) is 6. The minimum Gasteiger partial charge on any atom is -0.481 e. The van der Waals surface area contributed by atoms with Crippen molar-refractivity contribution < 1.29 is 32.7 Å². The Hall–Kier alpha value is -4.63. The van der Waals surface area contributed by atoms with Gasteiger partial charge in [0.1, 0.15) is 0 Å². The summed E-state index contributed by atoms with van der Waals surface area (Å²) in [6, 6.07) is 9.72. The fraction of sp³-hybridized carbons (Fsp3) is 0.571. The molecule has 4 heterocycles. The molecule has 2 aromatic carbocycles. The molecule has 0 saturated heterocycles. The van der Waals surface area contributed by atoms with E-state index in [9.17, 15) is 19.5 Å². The number of methoxy groups -OCH3 is 1. The van der Waals surface area contributed by atoms with Gasteiger partial charge in [-0.3, -0.25) is 24.2 Å². The zero-order valence-electron chi connectivity index (χ0n) is 39.8. The van der Waals surface area contributed by atoms with E-state index in [0.717, 1.165) is 139 Å². The number of carbonyl (C=O) groups is 3. The fourth-order valence-corrected chi connectivity index (χ4v) is 13.2. The molecule has 6 aliphatic rings. The maximum absolute atomic E-state index is 16.4. The number of carboxylic acid groups (broad SMARTS) is 1. The summed E-state index contributed by atoms with van der Waals surface area (Å²) in [5, 5.41) is 15.6. The third-order valence-corrected chi connectivity index (χ3v) is 17.1. The first-order valence-corrected chi connectivity index (χ1v) is 23.4. The van der Waals surface area contributed by atoms with Crippen molar-refractivity contribution in [1.82, 2.24) is 28.9 Å². The molecule has 0 unspecified atom stereocenters. The maximum atomic E-state index is 16.4. The SMILES string of the molecule is [2H]C([2H])([2H])OCC12CCC(CCN3CCc4c(nc(C(=O)Nc5cccc(-c6cccc(NC(=O)c7nc8c(n7C)CCN(CCC79CCC(C(=O)O)(CC7)C9)C8)c6Cl)c5F)n4C)C3)(CC1)C2. The van der Waals surface area contributed by atoms with Crippen molar-refractivity contribution >= 4 is 40.8 Å². The topological polar surface area (TPSA) is 147 Å². The number of carboxylic acids is 1. The Morgan fingerprint density at radius 2 is 1.28 bits per heavy atom. The van der Waals surface area contributed by atoms with E-state index in [-0.39, 0.29) is 49.9 Å². The molecule has 4 fully saturated rings. The average Bonchev–Trinajstić information content (AvgIpc) is 4.16. The van der Waals surface area contributed by atoms with Gasteiger partial charge in [0.05, 0.1) is 43.9 Å². The standard InChI is InChI=1S/C49H60ClFN8O5/c1-56-37-11-23-59(25-21-47-16-18-49(29-47,19-17-47)45(62)63)27-35(37)52-41(56)43(60)54-33-8-4-6-31(39(33)50)32-7-5-9-34(40(32)51)55-44(61)42-53-36-26-58(22-10-38(36)57(42)2)24-20-46-12-14-48(28-46,15-13-46)30-64-3/h4-9H,10-30H2,1-3H3,(H,54,60)(H,55,61)(H,62,63)/i3D3. The molecule has 3 N–H and O–H groups in total. The third kappa shape index (κ3) is 7.55. The van der Waals surface area contributed by atoms with Crippen LogP contribution in [0.15, 0.2) is 36.4 Å². The molecule has 0 spiro atoms. The van der Waals surface area contributed by atoms with Crippen molar-refractivity contribution in [3.05, 3.63) is 81.7 Å². The molecule has 0 atom stereocenters. The number of imidazole rings is 2. The van der Waals surface area contributed by atoms with Crippen molar-refractivity contribution in [2.75, 3.05) is 50.5 Å². The van der Waals surface area contributed by atoms with Gasteiger partial charge in [0, 0.05) is 82.7 Å². The van der Waals surface area contributed by atoms with Crippen LogP contribution in [0, 0.1) is 27.5 Å². The lowest BCUT2D eigenvalue weighted by molar-refractivity contribution is -0.148. The molecule has 2 amide bonds. The van der Waals surface area contributed by atoms with Gasteiger partial charge >= 0.3 is 5.97 Å². The molecule has 340 valence electrons. The Labute approximate surface area is 383 Å². The molecule has 13 nitrogen and oxygen atoms in total. The predicted molar refractivity (Wildman–Crippen MR) is 242 cm³/mol. The molecular weight excluding hydrogens is 835 g/mol. The van der Waals surface area contributed by atoms with Crippen LogP contribution >= 0.6 is 11.6 Å². The molecule has 4 bridgehead atoms. The van der Waals surface area contributed by atoms with E-state index in [1.807, 2.05) is 18.7 Å². The molecule has 4 aliphatic carbocycles.